The molecular weight excluding hydrogens is 346 g/mol. The van der Waals surface area contributed by atoms with Gasteiger partial charge in [-0.1, -0.05) is 23.5 Å². The van der Waals surface area contributed by atoms with Gasteiger partial charge in [0.05, 0.1) is 27.7 Å². The van der Waals surface area contributed by atoms with Gasteiger partial charge >= 0.3 is 0 Å². The van der Waals surface area contributed by atoms with E-state index in [1.807, 2.05) is 41.9 Å². The summed E-state index contributed by atoms with van der Waals surface area (Å²) in [6.07, 6.45) is 1.76. The zero-order chi connectivity index (χ0) is 18.4. The Labute approximate surface area is 155 Å². The first kappa shape index (κ1) is 16.7. The van der Waals surface area contributed by atoms with Crippen LogP contribution >= 0.6 is 11.3 Å². The third-order valence-corrected chi connectivity index (χ3v) is 5.47. The Balaban J connectivity index is 1.74. The molecular formula is C19H19N5OS. The van der Waals surface area contributed by atoms with Crippen LogP contribution in [0.4, 0.5) is 5.13 Å². The number of hydrogen-bond donors (Lipinski definition) is 0. The number of hydrogen-bond acceptors (Lipinski definition) is 5. The van der Waals surface area contributed by atoms with E-state index in [9.17, 15) is 4.79 Å². The molecule has 0 aliphatic heterocycles. The standard InChI is InChI=1S/C19H19N5OS/c1-11(2)24-17-13(10-20-24)9-14(12(3)21-17)18(25)23(4)19-22-15-7-5-6-8-16(15)26-19/h5-11H,1-4H3. The van der Waals surface area contributed by atoms with Crippen molar-refractivity contribution in [2.75, 3.05) is 11.9 Å². The van der Waals surface area contributed by atoms with E-state index in [0.29, 0.717) is 16.4 Å². The summed E-state index contributed by atoms with van der Waals surface area (Å²) in [5.41, 5.74) is 2.97. The van der Waals surface area contributed by atoms with Crippen LogP contribution in [0.25, 0.3) is 21.3 Å². The summed E-state index contributed by atoms with van der Waals surface area (Å²) in [5, 5.41) is 5.93. The van der Waals surface area contributed by atoms with Crippen molar-refractivity contribution in [1.82, 2.24) is 19.7 Å². The number of aromatic nitrogens is 4. The largest absolute Gasteiger partial charge is 0.287 e. The quantitative estimate of drug-likeness (QED) is 0.546. The highest BCUT2D eigenvalue weighted by Gasteiger charge is 2.21. The number of anilines is 1. The average molecular weight is 365 g/mol. The van der Waals surface area contributed by atoms with E-state index in [-0.39, 0.29) is 11.9 Å². The zero-order valence-electron chi connectivity index (χ0n) is 15.1. The molecule has 1 aromatic carbocycles. The van der Waals surface area contributed by atoms with Gasteiger partial charge in [0.1, 0.15) is 0 Å². The number of para-hydroxylation sites is 1. The van der Waals surface area contributed by atoms with E-state index < -0.39 is 0 Å². The van der Waals surface area contributed by atoms with Crippen LogP contribution in [-0.2, 0) is 0 Å². The highest BCUT2D eigenvalue weighted by Crippen LogP contribution is 2.29. The van der Waals surface area contributed by atoms with Crippen molar-refractivity contribution in [2.24, 2.45) is 0 Å². The van der Waals surface area contributed by atoms with Gasteiger partial charge in [-0.2, -0.15) is 5.10 Å². The molecule has 0 unspecified atom stereocenters. The van der Waals surface area contributed by atoms with Crippen LogP contribution in [0.1, 0.15) is 35.9 Å². The SMILES string of the molecule is Cc1nc2c(cnn2C(C)C)cc1C(=O)N(C)c1nc2ccccc2s1. The molecule has 0 saturated carbocycles. The first-order valence-corrected chi connectivity index (χ1v) is 9.26. The molecule has 132 valence electrons. The van der Waals surface area contributed by atoms with E-state index in [0.717, 1.165) is 21.3 Å². The molecule has 0 bridgehead atoms. The summed E-state index contributed by atoms with van der Waals surface area (Å²) in [5.74, 6) is -0.117. The number of carbonyl (C=O) groups is 1. The van der Waals surface area contributed by atoms with Crippen molar-refractivity contribution < 1.29 is 4.79 Å². The second-order valence-corrected chi connectivity index (χ2v) is 7.55. The highest BCUT2D eigenvalue weighted by atomic mass is 32.1. The number of rotatable bonds is 3. The number of fused-ring (bicyclic) bond motifs is 2. The maximum absolute atomic E-state index is 13.1. The van der Waals surface area contributed by atoms with Crippen LogP contribution in [0.5, 0.6) is 0 Å². The third kappa shape index (κ3) is 2.64. The topological polar surface area (TPSA) is 63.9 Å². The Morgan fingerprint density at radius 3 is 2.73 bits per heavy atom. The number of pyridine rings is 1. The summed E-state index contributed by atoms with van der Waals surface area (Å²) in [6.45, 7) is 5.98. The molecule has 0 radical (unpaired) electrons. The minimum atomic E-state index is -0.117. The van der Waals surface area contributed by atoms with Crippen molar-refractivity contribution in [3.8, 4) is 0 Å². The van der Waals surface area contributed by atoms with Gasteiger partial charge in [0.15, 0.2) is 10.8 Å². The first-order chi connectivity index (χ1) is 12.5. The number of amides is 1. The molecule has 4 aromatic rings. The van der Waals surface area contributed by atoms with Crippen molar-refractivity contribution in [3.05, 3.63) is 47.8 Å². The van der Waals surface area contributed by atoms with Crippen molar-refractivity contribution >= 4 is 43.6 Å². The van der Waals surface area contributed by atoms with E-state index >= 15 is 0 Å². The van der Waals surface area contributed by atoms with E-state index in [1.165, 1.54) is 11.3 Å². The van der Waals surface area contributed by atoms with Crippen LogP contribution < -0.4 is 4.90 Å². The lowest BCUT2D eigenvalue weighted by molar-refractivity contribution is 0.0992. The molecule has 3 aromatic heterocycles. The maximum Gasteiger partial charge on any atom is 0.261 e. The smallest absolute Gasteiger partial charge is 0.261 e. The highest BCUT2D eigenvalue weighted by molar-refractivity contribution is 7.22. The molecule has 0 spiro atoms. The molecule has 0 fully saturated rings. The van der Waals surface area contributed by atoms with Crippen molar-refractivity contribution in [1.29, 1.82) is 0 Å². The summed E-state index contributed by atoms with van der Waals surface area (Å²) in [7, 11) is 1.75. The molecule has 1 amide bonds. The van der Waals surface area contributed by atoms with Crippen LogP contribution in [-0.4, -0.2) is 32.7 Å². The molecule has 0 aliphatic rings. The van der Waals surface area contributed by atoms with Crippen LogP contribution in [0.3, 0.4) is 0 Å². The predicted octanol–water partition coefficient (Wildman–Crippen LogP) is 4.21. The minimum Gasteiger partial charge on any atom is -0.287 e. The lowest BCUT2D eigenvalue weighted by atomic mass is 10.1. The van der Waals surface area contributed by atoms with E-state index in [2.05, 4.69) is 28.9 Å². The Morgan fingerprint density at radius 2 is 2.00 bits per heavy atom. The Bertz CT molecular complexity index is 1090. The molecule has 0 N–H and O–H groups in total. The fourth-order valence-electron chi connectivity index (χ4n) is 2.93. The first-order valence-electron chi connectivity index (χ1n) is 8.44. The van der Waals surface area contributed by atoms with Gasteiger partial charge in [0.25, 0.3) is 5.91 Å². The van der Waals surface area contributed by atoms with Gasteiger partial charge in [0.2, 0.25) is 0 Å². The van der Waals surface area contributed by atoms with Crippen molar-refractivity contribution in [2.45, 2.75) is 26.8 Å². The van der Waals surface area contributed by atoms with Crippen LogP contribution in [0.15, 0.2) is 36.5 Å². The van der Waals surface area contributed by atoms with Gasteiger partial charge < -0.3 is 0 Å². The molecule has 3 heterocycles. The summed E-state index contributed by atoms with van der Waals surface area (Å²) < 4.78 is 2.93. The molecule has 4 rings (SSSR count). The number of nitrogens with zero attached hydrogens (tertiary/aromatic N) is 5. The fourth-order valence-corrected chi connectivity index (χ4v) is 3.86. The Kier molecular flexibility index (Phi) is 3.96. The normalized spacial score (nSPS) is 11.6. The number of benzene rings is 1. The van der Waals surface area contributed by atoms with Crippen LogP contribution in [0.2, 0.25) is 0 Å². The number of carbonyl (C=O) groups excluding carboxylic acids is 1. The second kappa shape index (κ2) is 6.17. The Morgan fingerprint density at radius 1 is 1.23 bits per heavy atom. The third-order valence-electron chi connectivity index (χ3n) is 4.35. The lowest BCUT2D eigenvalue weighted by Gasteiger charge is -2.15. The van der Waals surface area contributed by atoms with Gasteiger partial charge in [-0.15, -0.1) is 0 Å². The van der Waals surface area contributed by atoms with Gasteiger partial charge in [0, 0.05) is 18.5 Å². The summed E-state index contributed by atoms with van der Waals surface area (Å²) in [4.78, 5) is 23.8. The van der Waals surface area contributed by atoms with Crippen LogP contribution in [0, 0.1) is 6.92 Å². The molecule has 0 aliphatic carbocycles. The van der Waals surface area contributed by atoms with E-state index in [1.54, 1.807) is 18.1 Å². The van der Waals surface area contributed by atoms with E-state index in [4.69, 9.17) is 0 Å². The minimum absolute atomic E-state index is 0.117. The summed E-state index contributed by atoms with van der Waals surface area (Å²) in [6, 6.07) is 9.96. The van der Waals surface area contributed by atoms with Gasteiger partial charge in [-0.25, -0.2) is 14.6 Å². The molecule has 6 nitrogen and oxygen atoms in total. The lowest BCUT2D eigenvalue weighted by Crippen LogP contribution is -2.27. The monoisotopic (exact) mass is 365 g/mol. The molecule has 7 heteroatoms. The van der Waals surface area contributed by atoms with Gasteiger partial charge in [-0.05, 0) is 39.0 Å². The maximum atomic E-state index is 13.1. The van der Waals surface area contributed by atoms with Gasteiger partial charge in [-0.3, -0.25) is 9.69 Å². The number of aryl methyl sites for hydroxylation is 1. The molecule has 26 heavy (non-hydrogen) atoms. The zero-order valence-corrected chi connectivity index (χ0v) is 15.9. The second-order valence-electron chi connectivity index (χ2n) is 6.55. The average Bonchev–Trinajstić information content (AvgIpc) is 3.23. The summed E-state index contributed by atoms with van der Waals surface area (Å²) >= 11 is 1.50. The fraction of sp³-hybridized carbons (Fsp3) is 0.263. The number of thiazole rings is 1. The predicted molar refractivity (Wildman–Crippen MR) is 105 cm³/mol. The van der Waals surface area contributed by atoms with Crippen molar-refractivity contribution in [3.63, 3.8) is 0 Å². The molecule has 0 atom stereocenters. The molecule has 0 saturated heterocycles. The Hall–Kier alpha value is -2.80.